The Balaban J connectivity index is 1.10. The summed E-state index contributed by atoms with van der Waals surface area (Å²) in [6, 6.07) is 16.8. The van der Waals surface area contributed by atoms with Gasteiger partial charge >= 0.3 is 0 Å². The van der Waals surface area contributed by atoms with Crippen molar-refractivity contribution in [1.29, 1.82) is 0 Å². The van der Waals surface area contributed by atoms with Crippen LogP contribution in [0.15, 0.2) is 48.5 Å². The summed E-state index contributed by atoms with van der Waals surface area (Å²) in [5.74, 6) is 8.96. The largest absolute Gasteiger partial charge is 0.381 e. The van der Waals surface area contributed by atoms with E-state index >= 15 is 0 Å². The molecule has 1 amide bonds. The van der Waals surface area contributed by atoms with E-state index in [0.717, 1.165) is 114 Å². The number of aromatic nitrogens is 4. The minimum Gasteiger partial charge on any atom is -0.381 e. The zero-order valence-electron chi connectivity index (χ0n) is 27.0. The molecule has 2 aliphatic heterocycles. The fraction of sp³-hybridized carbons (Fsp3) is 0.432. The molecule has 4 N–H and O–H groups in total. The standard InChI is InChI=1S/C37H43N7O2/c1-4-23(2)39-22-33-40-29-13-10-25(21-31(29)41-33)8-7-24-9-12-28-27(20-24)11-14-30-35(28)43-36(42-30)32-6-5-17-44(32)37(45)34(38-3)26-15-18-46-19-16-26/h9-14,20-21,23,26,32,34,38-39H,4-6,15-19,22H2,1-3H3,(H,40,41)(H,42,43)/t23-,32-,34-/m0/s1. The first kappa shape index (κ1) is 30.4. The van der Waals surface area contributed by atoms with Gasteiger partial charge in [0, 0.05) is 42.3 Å². The highest BCUT2D eigenvalue weighted by Gasteiger charge is 2.38. The first-order valence-corrected chi connectivity index (χ1v) is 16.7. The topological polar surface area (TPSA) is 111 Å². The Morgan fingerprint density at radius 2 is 1.83 bits per heavy atom. The number of hydrogen-bond donors (Lipinski definition) is 4. The van der Waals surface area contributed by atoms with Gasteiger partial charge in [0.1, 0.15) is 11.6 Å². The molecule has 0 spiro atoms. The molecule has 2 fully saturated rings. The van der Waals surface area contributed by atoms with Crippen molar-refractivity contribution >= 4 is 38.7 Å². The van der Waals surface area contributed by atoms with Crippen molar-refractivity contribution in [2.45, 2.75) is 70.6 Å². The Labute approximate surface area is 269 Å². The molecule has 9 nitrogen and oxygen atoms in total. The number of rotatable bonds is 8. The summed E-state index contributed by atoms with van der Waals surface area (Å²) in [6.45, 7) is 7.28. The van der Waals surface area contributed by atoms with E-state index < -0.39 is 0 Å². The maximum Gasteiger partial charge on any atom is 0.240 e. The van der Waals surface area contributed by atoms with Gasteiger partial charge in [0.05, 0.1) is 40.7 Å². The van der Waals surface area contributed by atoms with Crippen molar-refractivity contribution in [3.05, 3.63) is 71.3 Å². The van der Waals surface area contributed by atoms with E-state index in [1.807, 2.05) is 24.1 Å². The van der Waals surface area contributed by atoms with Crippen LogP contribution in [0.25, 0.3) is 32.8 Å². The molecule has 0 saturated carbocycles. The number of likely N-dealkylation sites (N-methyl/N-ethyl adjacent to an activating group) is 1. The summed E-state index contributed by atoms with van der Waals surface area (Å²) in [7, 11) is 1.90. The number of imidazole rings is 2. The Hall–Kier alpha value is -4.23. The molecular weight excluding hydrogens is 574 g/mol. The predicted molar refractivity (Wildman–Crippen MR) is 182 cm³/mol. The van der Waals surface area contributed by atoms with Gasteiger partial charge in [0.15, 0.2) is 0 Å². The second-order valence-corrected chi connectivity index (χ2v) is 12.8. The third kappa shape index (κ3) is 6.13. The molecule has 0 bridgehead atoms. The number of hydrogen-bond acceptors (Lipinski definition) is 6. The van der Waals surface area contributed by atoms with Crippen LogP contribution in [-0.4, -0.2) is 69.6 Å². The number of likely N-dealkylation sites (tertiary alicyclic amines) is 1. The van der Waals surface area contributed by atoms with Crippen LogP contribution in [0, 0.1) is 17.8 Å². The van der Waals surface area contributed by atoms with Gasteiger partial charge in [-0.1, -0.05) is 30.9 Å². The van der Waals surface area contributed by atoms with Crippen molar-refractivity contribution in [2.24, 2.45) is 5.92 Å². The van der Waals surface area contributed by atoms with Crippen molar-refractivity contribution < 1.29 is 9.53 Å². The fourth-order valence-corrected chi connectivity index (χ4v) is 6.94. The molecule has 3 atom stereocenters. The third-order valence-corrected chi connectivity index (χ3v) is 9.76. The summed E-state index contributed by atoms with van der Waals surface area (Å²) >= 11 is 0. The number of aromatic amines is 2. The first-order valence-electron chi connectivity index (χ1n) is 16.7. The first-order chi connectivity index (χ1) is 22.5. The van der Waals surface area contributed by atoms with E-state index in [9.17, 15) is 4.79 Å². The van der Waals surface area contributed by atoms with Crippen LogP contribution >= 0.6 is 0 Å². The van der Waals surface area contributed by atoms with Crippen molar-refractivity contribution in [3.8, 4) is 11.8 Å². The Kier molecular flexibility index (Phi) is 8.76. The van der Waals surface area contributed by atoms with E-state index in [-0.39, 0.29) is 18.0 Å². The van der Waals surface area contributed by atoms with Gasteiger partial charge in [-0.25, -0.2) is 9.97 Å². The maximum absolute atomic E-state index is 13.8. The van der Waals surface area contributed by atoms with Gasteiger partial charge in [-0.2, -0.15) is 0 Å². The maximum atomic E-state index is 13.8. The van der Waals surface area contributed by atoms with Crippen LogP contribution in [0.5, 0.6) is 0 Å². The van der Waals surface area contributed by atoms with E-state index in [4.69, 9.17) is 14.7 Å². The monoisotopic (exact) mass is 617 g/mol. The second kappa shape index (κ2) is 13.2. The van der Waals surface area contributed by atoms with Crippen molar-refractivity contribution in [1.82, 2.24) is 35.5 Å². The summed E-state index contributed by atoms with van der Waals surface area (Å²) in [5.41, 5.74) is 5.76. The molecule has 9 heteroatoms. The lowest BCUT2D eigenvalue weighted by molar-refractivity contribution is -0.136. The highest BCUT2D eigenvalue weighted by Crippen LogP contribution is 2.35. The molecule has 0 aliphatic carbocycles. The van der Waals surface area contributed by atoms with E-state index in [1.165, 1.54) is 0 Å². The molecule has 238 valence electrons. The normalized spacial score (nSPS) is 18.7. The molecule has 2 aromatic heterocycles. The Morgan fingerprint density at radius 1 is 1.02 bits per heavy atom. The van der Waals surface area contributed by atoms with Gasteiger partial charge in [0.25, 0.3) is 0 Å². The summed E-state index contributed by atoms with van der Waals surface area (Å²) < 4.78 is 5.55. The molecular formula is C37H43N7O2. The molecule has 46 heavy (non-hydrogen) atoms. The molecule has 2 aliphatic rings. The lowest BCUT2D eigenvalue weighted by Gasteiger charge is -2.33. The Morgan fingerprint density at radius 3 is 2.63 bits per heavy atom. The summed E-state index contributed by atoms with van der Waals surface area (Å²) in [5, 5.41) is 8.98. The molecule has 7 rings (SSSR count). The number of nitrogens with one attached hydrogen (secondary N) is 4. The quantitative estimate of drug-likeness (QED) is 0.170. The van der Waals surface area contributed by atoms with Crippen LogP contribution in [-0.2, 0) is 16.1 Å². The lowest BCUT2D eigenvalue weighted by Crippen LogP contribution is -2.50. The molecule has 4 heterocycles. The van der Waals surface area contributed by atoms with Gasteiger partial charge in [0.2, 0.25) is 5.91 Å². The number of carbonyl (C=O) groups is 1. The molecule has 5 aromatic rings. The van der Waals surface area contributed by atoms with E-state index in [2.05, 4.69) is 82.7 Å². The molecule has 3 aromatic carbocycles. The smallest absolute Gasteiger partial charge is 0.240 e. The van der Waals surface area contributed by atoms with Crippen LogP contribution in [0.1, 0.15) is 74.8 Å². The number of nitrogens with zero attached hydrogens (tertiary/aromatic N) is 3. The molecule has 0 radical (unpaired) electrons. The van der Waals surface area contributed by atoms with E-state index in [0.29, 0.717) is 12.0 Å². The number of amides is 1. The average molecular weight is 618 g/mol. The Bertz CT molecular complexity index is 1930. The van der Waals surface area contributed by atoms with Crippen LogP contribution in [0.2, 0.25) is 0 Å². The average Bonchev–Trinajstić information content (AvgIpc) is 3.85. The van der Waals surface area contributed by atoms with Gasteiger partial charge in [-0.3, -0.25) is 4.79 Å². The minimum absolute atomic E-state index is 0.0461. The number of ether oxygens (including phenoxy) is 1. The third-order valence-electron chi connectivity index (χ3n) is 9.76. The highest BCUT2D eigenvalue weighted by atomic mass is 16.5. The summed E-state index contributed by atoms with van der Waals surface area (Å²) in [4.78, 5) is 32.6. The van der Waals surface area contributed by atoms with Gasteiger partial charge < -0.3 is 30.2 Å². The van der Waals surface area contributed by atoms with Gasteiger partial charge in [-0.05, 0) is 93.8 Å². The van der Waals surface area contributed by atoms with Crippen molar-refractivity contribution in [3.63, 3.8) is 0 Å². The number of H-pyrrole nitrogens is 2. The molecule has 0 unspecified atom stereocenters. The number of benzene rings is 3. The highest BCUT2D eigenvalue weighted by molar-refractivity contribution is 6.04. The fourth-order valence-electron chi connectivity index (χ4n) is 6.94. The zero-order chi connectivity index (χ0) is 31.6. The predicted octanol–water partition coefficient (Wildman–Crippen LogP) is 5.56. The zero-order valence-corrected chi connectivity index (χ0v) is 27.0. The number of fused-ring (bicyclic) bond motifs is 4. The lowest BCUT2D eigenvalue weighted by atomic mass is 9.90. The van der Waals surface area contributed by atoms with Crippen molar-refractivity contribution in [2.75, 3.05) is 26.8 Å². The van der Waals surface area contributed by atoms with Crippen LogP contribution in [0.4, 0.5) is 0 Å². The van der Waals surface area contributed by atoms with Gasteiger partial charge in [-0.15, -0.1) is 0 Å². The molecule has 2 saturated heterocycles. The minimum atomic E-state index is -0.190. The van der Waals surface area contributed by atoms with E-state index in [1.54, 1.807) is 0 Å². The van der Waals surface area contributed by atoms with Crippen LogP contribution < -0.4 is 10.6 Å². The SMILES string of the molecule is CC[C@H](C)NCc1nc2ccc(C#Cc3ccc4c(ccc5[nH]c([C@@H]6CCCN6C(=O)[C@@H](NC)C6CCOCC6)nc54)c3)cc2[nH]1. The van der Waals surface area contributed by atoms with Crippen LogP contribution in [0.3, 0.4) is 0 Å². The number of carbonyl (C=O) groups excluding carboxylic acids is 1. The summed E-state index contributed by atoms with van der Waals surface area (Å²) in [6.07, 6.45) is 4.79. The second-order valence-electron chi connectivity index (χ2n) is 12.8.